The minimum absolute atomic E-state index is 0.160. The second-order valence-electron chi connectivity index (χ2n) is 2.41. The van der Waals surface area contributed by atoms with E-state index in [9.17, 15) is 5.11 Å². The molecule has 12 heavy (non-hydrogen) atoms. The molecule has 0 atom stereocenters. The first-order valence-corrected chi connectivity index (χ1v) is 4.39. The molecule has 3 nitrogen and oxygen atoms in total. The molecule has 0 heterocycles. The maximum absolute atomic E-state index is 9.45. The van der Waals surface area contributed by atoms with Crippen LogP contribution in [0.4, 0.5) is 0 Å². The number of aryl methyl sites for hydroxylation is 1. The Labute approximate surface area is 83.9 Å². The molecular formula is C8H8INO2. The van der Waals surface area contributed by atoms with Gasteiger partial charge in [0.15, 0.2) is 0 Å². The largest absolute Gasteiger partial charge is 0.507 e. The second-order valence-corrected chi connectivity index (χ2v) is 3.65. The third-order valence-corrected chi connectivity index (χ3v) is 2.11. The lowest BCUT2D eigenvalue weighted by molar-refractivity contribution is 0.321. The van der Waals surface area contributed by atoms with Crippen LogP contribution in [0, 0.1) is 10.5 Å². The predicted molar refractivity (Wildman–Crippen MR) is 54.9 cm³/mol. The van der Waals surface area contributed by atoms with Gasteiger partial charge in [0.1, 0.15) is 5.75 Å². The van der Waals surface area contributed by atoms with Crippen LogP contribution in [0.3, 0.4) is 0 Å². The van der Waals surface area contributed by atoms with E-state index in [1.807, 2.05) is 6.07 Å². The van der Waals surface area contributed by atoms with Crippen LogP contribution in [0.1, 0.15) is 11.1 Å². The summed E-state index contributed by atoms with van der Waals surface area (Å²) in [4.78, 5) is 0. The topological polar surface area (TPSA) is 52.8 Å². The van der Waals surface area contributed by atoms with Crippen molar-refractivity contribution in [3.8, 4) is 5.75 Å². The van der Waals surface area contributed by atoms with Gasteiger partial charge in [0, 0.05) is 9.13 Å². The van der Waals surface area contributed by atoms with Crippen molar-refractivity contribution >= 4 is 28.8 Å². The molecule has 64 valence electrons. The molecule has 0 aliphatic carbocycles. The summed E-state index contributed by atoms with van der Waals surface area (Å²) in [5, 5.41) is 20.6. The highest BCUT2D eigenvalue weighted by Crippen LogP contribution is 2.23. The van der Waals surface area contributed by atoms with Gasteiger partial charge in [0.25, 0.3) is 0 Å². The number of rotatable bonds is 1. The summed E-state index contributed by atoms with van der Waals surface area (Å²) in [5.41, 5.74) is 1.30. The van der Waals surface area contributed by atoms with Crippen LogP contribution < -0.4 is 0 Å². The van der Waals surface area contributed by atoms with Crippen LogP contribution >= 0.6 is 22.6 Å². The van der Waals surface area contributed by atoms with E-state index in [0.717, 1.165) is 9.13 Å². The maximum atomic E-state index is 9.45. The molecule has 1 aromatic rings. The summed E-state index contributed by atoms with van der Waals surface area (Å²) in [7, 11) is 0. The van der Waals surface area contributed by atoms with E-state index in [0.29, 0.717) is 5.56 Å². The van der Waals surface area contributed by atoms with Gasteiger partial charge in [0.2, 0.25) is 0 Å². The Morgan fingerprint density at radius 3 is 2.75 bits per heavy atom. The van der Waals surface area contributed by atoms with Gasteiger partial charge in [-0.15, -0.1) is 0 Å². The van der Waals surface area contributed by atoms with Crippen LogP contribution in [0.5, 0.6) is 5.75 Å². The standard InChI is InChI=1S/C8H8INO2/c1-5-2-7(9)3-6(4-10-12)8(5)11/h2-4,11-12H,1H3. The molecule has 0 saturated heterocycles. The predicted octanol–water partition coefficient (Wildman–Crippen LogP) is 2.11. The van der Waals surface area contributed by atoms with Gasteiger partial charge in [-0.1, -0.05) is 5.16 Å². The Hall–Kier alpha value is -0.780. The average molecular weight is 277 g/mol. The maximum Gasteiger partial charge on any atom is 0.127 e. The Balaban J connectivity index is 3.27. The Morgan fingerprint density at radius 2 is 2.17 bits per heavy atom. The number of hydrogen-bond donors (Lipinski definition) is 2. The quantitative estimate of drug-likeness (QED) is 0.357. The van der Waals surface area contributed by atoms with Gasteiger partial charge in [-0.25, -0.2) is 0 Å². The van der Waals surface area contributed by atoms with E-state index in [2.05, 4.69) is 27.7 Å². The summed E-state index contributed by atoms with van der Waals surface area (Å²) in [5.74, 6) is 0.160. The van der Waals surface area contributed by atoms with Crippen LogP contribution in [0.25, 0.3) is 0 Å². The third kappa shape index (κ3) is 1.88. The number of oxime groups is 1. The van der Waals surface area contributed by atoms with Crippen molar-refractivity contribution in [2.45, 2.75) is 6.92 Å². The molecule has 0 saturated carbocycles. The minimum atomic E-state index is 0.160. The first-order valence-electron chi connectivity index (χ1n) is 3.31. The number of hydrogen-bond acceptors (Lipinski definition) is 3. The molecule has 0 aromatic heterocycles. The van der Waals surface area contributed by atoms with Gasteiger partial charge < -0.3 is 10.3 Å². The third-order valence-electron chi connectivity index (χ3n) is 1.49. The highest BCUT2D eigenvalue weighted by molar-refractivity contribution is 14.1. The van der Waals surface area contributed by atoms with Crippen molar-refractivity contribution in [2.75, 3.05) is 0 Å². The van der Waals surface area contributed by atoms with Gasteiger partial charge in [-0.05, 0) is 47.2 Å². The molecule has 0 fully saturated rings. The summed E-state index contributed by atoms with van der Waals surface area (Å²) in [6.45, 7) is 1.80. The second kappa shape index (κ2) is 3.75. The molecule has 0 unspecified atom stereocenters. The van der Waals surface area contributed by atoms with E-state index < -0.39 is 0 Å². The lowest BCUT2D eigenvalue weighted by Gasteiger charge is -2.02. The lowest BCUT2D eigenvalue weighted by atomic mass is 10.1. The van der Waals surface area contributed by atoms with Gasteiger partial charge in [0.05, 0.1) is 6.21 Å². The summed E-state index contributed by atoms with van der Waals surface area (Å²) in [6.07, 6.45) is 1.21. The van der Waals surface area contributed by atoms with Gasteiger partial charge in [-0.3, -0.25) is 0 Å². The first kappa shape index (κ1) is 9.31. The van der Waals surface area contributed by atoms with Gasteiger partial charge >= 0.3 is 0 Å². The highest BCUT2D eigenvalue weighted by Gasteiger charge is 2.03. The van der Waals surface area contributed by atoms with Crippen LogP contribution in [0.2, 0.25) is 0 Å². The van der Waals surface area contributed by atoms with E-state index >= 15 is 0 Å². The van der Waals surface area contributed by atoms with Crippen molar-refractivity contribution in [1.82, 2.24) is 0 Å². The molecule has 0 aliphatic rings. The average Bonchev–Trinajstić information content (AvgIpc) is 2.00. The van der Waals surface area contributed by atoms with Crippen molar-refractivity contribution in [1.29, 1.82) is 0 Å². The smallest absolute Gasteiger partial charge is 0.127 e. The van der Waals surface area contributed by atoms with Crippen molar-refractivity contribution in [3.63, 3.8) is 0 Å². The highest BCUT2D eigenvalue weighted by atomic mass is 127. The lowest BCUT2D eigenvalue weighted by Crippen LogP contribution is -1.87. The van der Waals surface area contributed by atoms with E-state index in [-0.39, 0.29) is 5.75 Å². The zero-order chi connectivity index (χ0) is 9.14. The Kier molecular flexibility index (Phi) is 2.91. The molecular weight excluding hydrogens is 269 g/mol. The van der Waals surface area contributed by atoms with E-state index in [1.54, 1.807) is 13.0 Å². The molecule has 0 amide bonds. The van der Waals surface area contributed by atoms with Crippen molar-refractivity contribution in [3.05, 3.63) is 26.8 Å². The van der Waals surface area contributed by atoms with E-state index in [1.165, 1.54) is 6.21 Å². The molecule has 0 radical (unpaired) electrons. The zero-order valence-electron chi connectivity index (χ0n) is 6.45. The number of nitrogens with zero attached hydrogens (tertiary/aromatic N) is 1. The SMILES string of the molecule is Cc1cc(I)cc(C=NO)c1O. The molecule has 4 heteroatoms. The van der Waals surface area contributed by atoms with Crippen LogP contribution in [-0.2, 0) is 0 Å². The number of phenolic OH excluding ortho intramolecular Hbond substituents is 1. The fraction of sp³-hybridized carbons (Fsp3) is 0.125. The number of halogens is 1. The fourth-order valence-electron chi connectivity index (χ4n) is 0.922. The zero-order valence-corrected chi connectivity index (χ0v) is 8.61. The molecule has 1 aromatic carbocycles. The summed E-state index contributed by atoms with van der Waals surface area (Å²) in [6, 6.07) is 3.59. The minimum Gasteiger partial charge on any atom is -0.507 e. The molecule has 0 aliphatic heterocycles. The number of aromatic hydroxyl groups is 1. The monoisotopic (exact) mass is 277 g/mol. The van der Waals surface area contributed by atoms with E-state index in [4.69, 9.17) is 5.21 Å². The molecule has 2 N–H and O–H groups in total. The van der Waals surface area contributed by atoms with Gasteiger partial charge in [-0.2, -0.15) is 0 Å². The Bertz CT molecular complexity index is 323. The summed E-state index contributed by atoms with van der Waals surface area (Å²) < 4.78 is 0.998. The molecule has 1 rings (SSSR count). The summed E-state index contributed by atoms with van der Waals surface area (Å²) >= 11 is 2.13. The fourth-order valence-corrected chi connectivity index (χ4v) is 1.72. The number of phenols is 1. The van der Waals surface area contributed by atoms with Crippen molar-refractivity contribution < 1.29 is 10.3 Å². The van der Waals surface area contributed by atoms with Crippen LogP contribution in [-0.4, -0.2) is 16.5 Å². The number of benzene rings is 1. The molecule has 0 bridgehead atoms. The normalized spacial score (nSPS) is 10.8. The van der Waals surface area contributed by atoms with Crippen molar-refractivity contribution in [2.24, 2.45) is 5.16 Å². The Morgan fingerprint density at radius 1 is 1.50 bits per heavy atom. The van der Waals surface area contributed by atoms with Crippen LogP contribution in [0.15, 0.2) is 17.3 Å². The first-order chi connectivity index (χ1) is 5.65. The molecule has 0 spiro atoms.